The molecule has 1 atom stereocenters. The van der Waals surface area contributed by atoms with Gasteiger partial charge in [0.2, 0.25) is 0 Å². The van der Waals surface area contributed by atoms with Crippen LogP contribution in [0.1, 0.15) is 18.4 Å². The Balaban J connectivity index is 2.17. The van der Waals surface area contributed by atoms with Gasteiger partial charge in [0.25, 0.3) is 5.69 Å². The number of carbonyl (C=O) groups excluding carboxylic acids is 1. The molecule has 1 fully saturated rings. The maximum absolute atomic E-state index is 13.4. The molecule has 2 rings (SSSR count). The summed E-state index contributed by atoms with van der Waals surface area (Å²) in [5.74, 6) is -0.976. The van der Waals surface area contributed by atoms with Gasteiger partial charge < -0.3 is 4.74 Å². The first-order chi connectivity index (χ1) is 9.51. The highest BCUT2D eigenvalue weighted by Gasteiger charge is 2.31. The molecule has 7 heteroatoms. The van der Waals surface area contributed by atoms with Crippen molar-refractivity contribution in [3.63, 3.8) is 0 Å². The van der Waals surface area contributed by atoms with E-state index in [2.05, 4.69) is 0 Å². The van der Waals surface area contributed by atoms with E-state index in [-0.39, 0.29) is 17.7 Å². The van der Waals surface area contributed by atoms with Gasteiger partial charge >= 0.3 is 5.97 Å². The van der Waals surface area contributed by atoms with Crippen LogP contribution in [0.5, 0.6) is 0 Å². The Kier molecular flexibility index (Phi) is 4.29. The lowest BCUT2D eigenvalue weighted by molar-refractivity contribution is -0.385. The molecule has 0 bridgehead atoms. The highest BCUT2D eigenvalue weighted by Crippen LogP contribution is 2.23. The maximum Gasteiger partial charge on any atom is 0.323 e. The van der Waals surface area contributed by atoms with E-state index in [0.29, 0.717) is 25.1 Å². The van der Waals surface area contributed by atoms with Gasteiger partial charge in [-0.2, -0.15) is 0 Å². The predicted molar refractivity (Wildman–Crippen MR) is 68.5 cm³/mol. The Bertz CT molecular complexity index is 535. The second kappa shape index (κ2) is 5.96. The van der Waals surface area contributed by atoms with Gasteiger partial charge in [-0.15, -0.1) is 0 Å². The van der Waals surface area contributed by atoms with Gasteiger partial charge in [0, 0.05) is 12.6 Å². The monoisotopic (exact) mass is 282 g/mol. The first-order valence-electron chi connectivity index (χ1n) is 6.27. The van der Waals surface area contributed by atoms with Crippen molar-refractivity contribution in [2.75, 3.05) is 13.7 Å². The zero-order valence-electron chi connectivity index (χ0n) is 11.0. The molecule has 1 saturated heterocycles. The molecule has 0 aliphatic carbocycles. The zero-order chi connectivity index (χ0) is 14.7. The average molecular weight is 282 g/mol. The summed E-state index contributed by atoms with van der Waals surface area (Å²) in [4.78, 5) is 23.5. The number of hydrogen-bond donors (Lipinski definition) is 0. The average Bonchev–Trinajstić information content (AvgIpc) is 2.85. The van der Waals surface area contributed by atoms with Crippen LogP contribution in [-0.4, -0.2) is 35.5 Å². The van der Waals surface area contributed by atoms with Crippen LogP contribution in [0, 0.1) is 15.9 Å². The Morgan fingerprint density at radius 3 is 2.95 bits per heavy atom. The van der Waals surface area contributed by atoms with Crippen LogP contribution < -0.4 is 0 Å². The SMILES string of the molecule is COC(=O)C1CCCN1Cc1cc(F)cc([N+](=O)[O-])c1. The minimum atomic E-state index is -0.650. The number of halogens is 1. The molecule has 108 valence electrons. The number of non-ortho nitro benzene ring substituents is 1. The number of methoxy groups -OCH3 is 1. The number of rotatable bonds is 4. The molecule has 0 aromatic heterocycles. The van der Waals surface area contributed by atoms with Crippen molar-refractivity contribution < 1.29 is 18.8 Å². The van der Waals surface area contributed by atoms with Crippen molar-refractivity contribution >= 4 is 11.7 Å². The molecule has 1 heterocycles. The number of hydrogen-bond acceptors (Lipinski definition) is 5. The van der Waals surface area contributed by atoms with E-state index in [1.165, 1.54) is 19.2 Å². The first-order valence-corrected chi connectivity index (χ1v) is 6.27. The topological polar surface area (TPSA) is 72.7 Å². The smallest absolute Gasteiger partial charge is 0.323 e. The third kappa shape index (κ3) is 3.11. The number of nitro benzene ring substituents is 1. The summed E-state index contributed by atoms with van der Waals surface area (Å²) in [7, 11) is 1.33. The number of likely N-dealkylation sites (tertiary alicyclic amines) is 1. The molecular weight excluding hydrogens is 267 g/mol. The lowest BCUT2D eigenvalue weighted by Crippen LogP contribution is -2.36. The van der Waals surface area contributed by atoms with Gasteiger partial charge in [-0.1, -0.05) is 0 Å². The third-order valence-electron chi connectivity index (χ3n) is 3.38. The van der Waals surface area contributed by atoms with Crippen molar-refractivity contribution in [3.8, 4) is 0 Å². The Morgan fingerprint density at radius 2 is 2.30 bits per heavy atom. The van der Waals surface area contributed by atoms with E-state index in [0.717, 1.165) is 12.5 Å². The quantitative estimate of drug-likeness (QED) is 0.479. The van der Waals surface area contributed by atoms with E-state index in [4.69, 9.17) is 4.74 Å². The summed E-state index contributed by atoms with van der Waals surface area (Å²) >= 11 is 0. The van der Waals surface area contributed by atoms with Crippen molar-refractivity contribution in [2.24, 2.45) is 0 Å². The standard InChI is InChI=1S/C13H15FN2O4/c1-20-13(17)12-3-2-4-15(12)8-9-5-10(14)7-11(6-9)16(18)19/h5-7,12H,2-4,8H2,1H3. The van der Waals surface area contributed by atoms with E-state index in [9.17, 15) is 19.3 Å². The summed E-state index contributed by atoms with van der Waals surface area (Å²) in [6, 6.07) is 3.10. The summed E-state index contributed by atoms with van der Waals surface area (Å²) in [5.41, 5.74) is 0.196. The summed E-state index contributed by atoms with van der Waals surface area (Å²) in [5, 5.41) is 10.7. The second-order valence-corrected chi connectivity index (χ2v) is 4.73. The molecule has 20 heavy (non-hydrogen) atoms. The zero-order valence-corrected chi connectivity index (χ0v) is 11.0. The van der Waals surface area contributed by atoms with Crippen molar-refractivity contribution in [3.05, 3.63) is 39.7 Å². The van der Waals surface area contributed by atoms with E-state index >= 15 is 0 Å². The van der Waals surface area contributed by atoms with Crippen LogP contribution in [0.4, 0.5) is 10.1 Å². The van der Waals surface area contributed by atoms with Crippen LogP contribution >= 0.6 is 0 Å². The largest absolute Gasteiger partial charge is 0.468 e. The van der Waals surface area contributed by atoms with Crippen LogP contribution in [0.15, 0.2) is 18.2 Å². The number of benzene rings is 1. The van der Waals surface area contributed by atoms with Gasteiger partial charge in [-0.25, -0.2) is 4.39 Å². The fourth-order valence-electron chi connectivity index (χ4n) is 2.48. The number of esters is 1. The summed E-state index contributed by atoms with van der Waals surface area (Å²) < 4.78 is 18.1. The molecule has 0 radical (unpaired) electrons. The van der Waals surface area contributed by atoms with Crippen LogP contribution in [-0.2, 0) is 16.1 Å². The third-order valence-corrected chi connectivity index (χ3v) is 3.38. The molecule has 0 amide bonds. The molecule has 0 spiro atoms. The van der Waals surface area contributed by atoms with Gasteiger partial charge in [0.15, 0.2) is 0 Å². The first kappa shape index (κ1) is 14.4. The number of ether oxygens (including phenoxy) is 1. The molecule has 1 aliphatic heterocycles. The molecule has 1 unspecified atom stereocenters. The molecule has 1 aromatic carbocycles. The van der Waals surface area contributed by atoms with Crippen molar-refractivity contribution in [1.82, 2.24) is 4.90 Å². The van der Waals surface area contributed by atoms with E-state index < -0.39 is 10.7 Å². The lowest BCUT2D eigenvalue weighted by Gasteiger charge is -2.22. The number of carbonyl (C=O) groups is 1. The summed E-state index contributed by atoms with van der Waals surface area (Å²) in [6.45, 7) is 0.975. The fourth-order valence-corrected chi connectivity index (χ4v) is 2.48. The lowest BCUT2D eigenvalue weighted by atomic mass is 10.1. The maximum atomic E-state index is 13.4. The normalized spacial score (nSPS) is 19.0. The van der Waals surface area contributed by atoms with Crippen LogP contribution in [0.2, 0.25) is 0 Å². The molecule has 0 saturated carbocycles. The number of nitro groups is 1. The minimum absolute atomic E-state index is 0.284. The second-order valence-electron chi connectivity index (χ2n) is 4.73. The van der Waals surface area contributed by atoms with Gasteiger partial charge in [0.05, 0.1) is 18.1 Å². The molecule has 1 aliphatic rings. The Morgan fingerprint density at radius 1 is 1.55 bits per heavy atom. The van der Waals surface area contributed by atoms with Crippen LogP contribution in [0.25, 0.3) is 0 Å². The predicted octanol–water partition coefficient (Wildman–Crippen LogP) is 1.87. The highest BCUT2D eigenvalue weighted by atomic mass is 19.1. The Labute approximate surface area is 115 Å². The molecule has 0 N–H and O–H groups in total. The minimum Gasteiger partial charge on any atom is -0.468 e. The van der Waals surface area contributed by atoms with Crippen LogP contribution in [0.3, 0.4) is 0 Å². The van der Waals surface area contributed by atoms with Gasteiger partial charge in [-0.3, -0.25) is 19.8 Å². The van der Waals surface area contributed by atoms with Crippen molar-refractivity contribution in [1.29, 1.82) is 0 Å². The molecule has 6 nitrogen and oxygen atoms in total. The molecular formula is C13H15FN2O4. The van der Waals surface area contributed by atoms with Crippen molar-refractivity contribution in [2.45, 2.75) is 25.4 Å². The number of nitrogens with zero attached hydrogens (tertiary/aromatic N) is 2. The van der Waals surface area contributed by atoms with E-state index in [1.54, 1.807) is 0 Å². The van der Waals surface area contributed by atoms with E-state index in [1.807, 2.05) is 4.90 Å². The van der Waals surface area contributed by atoms with Gasteiger partial charge in [-0.05, 0) is 31.0 Å². The highest BCUT2D eigenvalue weighted by molar-refractivity contribution is 5.75. The van der Waals surface area contributed by atoms with Gasteiger partial charge in [0.1, 0.15) is 11.9 Å². The Hall–Kier alpha value is -2.02. The summed E-state index contributed by atoms with van der Waals surface area (Å²) in [6.07, 6.45) is 1.53. The molecule has 1 aromatic rings. The fraction of sp³-hybridized carbons (Fsp3) is 0.462.